The maximum atomic E-state index is 12.1. The van der Waals surface area contributed by atoms with Crippen LogP contribution in [0.3, 0.4) is 0 Å². The lowest BCUT2D eigenvalue weighted by atomic mass is 10.0. The van der Waals surface area contributed by atoms with Crippen LogP contribution in [0.5, 0.6) is 5.75 Å². The SMILES string of the molecule is COc1ccc2c(=O)c(C)c(C)oc2c1CC(=O)O. The third kappa shape index (κ3) is 2.19. The molecule has 2 rings (SSSR count). The molecule has 1 N–H and O–H groups in total. The molecule has 0 aliphatic heterocycles. The molecule has 100 valence electrons. The summed E-state index contributed by atoms with van der Waals surface area (Å²) >= 11 is 0. The number of ether oxygens (including phenoxy) is 1. The predicted molar refractivity (Wildman–Crippen MR) is 69.8 cm³/mol. The van der Waals surface area contributed by atoms with E-state index < -0.39 is 5.97 Å². The Morgan fingerprint density at radius 2 is 2.05 bits per heavy atom. The Balaban J connectivity index is 2.88. The Labute approximate surface area is 109 Å². The molecule has 0 amide bonds. The molecule has 0 saturated carbocycles. The molecule has 1 heterocycles. The molecule has 0 bridgehead atoms. The van der Waals surface area contributed by atoms with Gasteiger partial charge in [0, 0.05) is 11.1 Å². The molecule has 0 spiro atoms. The normalized spacial score (nSPS) is 10.7. The number of aryl methyl sites for hydroxylation is 1. The van der Waals surface area contributed by atoms with Crippen molar-refractivity contribution in [3.8, 4) is 5.75 Å². The van der Waals surface area contributed by atoms with Gasteiger partial charge < -0.3 is 14.3 Å². The van der Waals surface area contributed by atoms with Crippen LogP contribution in [0.1, 0.15) is 16.9 Å². The van der Waals surface area contributed by atoms with Crippen LogP contribution in [0, 0.1) is 13.8 Å². The second-order valence-electron chi connectivity index (χ2n) is 4.31. The fourth-order valence-electron chi connectivity index (χ4n) is 2.01. The van der Waals surface area contributed by atoms with Gasteiger partial charge in [-0.2, -0.15) is 0 Å². The van der Waals surface area contributed by atoms with Crippen LogP contribution in [-0.4, -0.2) is 18.2 Å². The number of benzene rings is 1. The zero-order valence-corrected chi connectivity index (χ0v) is 10.9. The molecule has 0 atom stereocenters. The largest absolute Gasteiger partial charge is 0.496 e. The summed E-state index contributed by atoms with van der Waals surface area (Å²) in [4.78, 5) is 23.1. The quantitative estimate of drug-likeness (QED) is 0.916. The third-order valence-corrected chi connectivity index (χ3v) is 3.13. The Morgan fingerprint density at radius 3 is 2.63 bits per heavy atom. The van der Waals surface area contributed by atoms with Gasteiger partial charge >= 0.3 is 5.97 Å². The van der Waals surface area contributed by atoms with E-state index in [1.807, 2.05) is 0 Å². The number of methoxy groups -OCH3 is 1. The Morgan fingerprint density at radius 1 is 1.37 bits per heavy atom. The van der Waals surface area contributed by atoms with Crippen LogP contribution < -0.4 is 10.2 Å². The highest BCUT2D eigenvalue weighted by Gasteiger charge is 2.17. The van der Waals surface area contributed by atoms with Gasteiger partial charge in [-0.3, -0.25) is 9.59 Å². The minimum Gasteiger partial charge on any atom is -0.496 e. The standard InChI is InChI=1S/C14H14O5/c1-7-8(2)19-14-9(13(7)17)4-5-11(18-3)10(14)6-12(15)16/h4-5H,6H2,1-3H3,(H,15,16). The maximum absolute atomic E-state index is 12.1. The first-order valence-corrected chi connectivity index (χ1v) is 5.77. The van der Waals surface area contributed by atoms with E-state index in [2.05, 4.69) is 0 Å². The lowest BCUT2D eigenvalue weighted by Crippen LogP contribution is -2.10. The molecule has 5 nitrogen and oxygen atoms in total. The summed E-state index contributed by atoms with van der Waals surface area (Å²) in [6, 6.07) is 3.18. The first-order chi connectivity index (χ1) is 8.95. The highest BCUT2D eigenvalue weighted by Crippen LogP contribution is 2.28. The van der Waals surface area contributed by atoms with E-state index in [1.165, 1.54) is 7.11 Å². The lowest BCUT2D eigenvalue weighted by Gasteiger charge is -2.10. The highest BCUT2D eigenvalue weighted by molar-refractivity contribution is 5.86. The summed E-state index contributed by atoms with van der Waals surface area (Å²) < 4.78 is 10.7. The van der Waals surface area contributed by atoms with Crippen LogP contribution in [0.4, 0.5) is 0 Å². The summed E-state index contributed by atoms with van der Waals surface area (Å²) in [6.07, 6.45) is -0.258. The Hall–Kier alpha value is -2.30. The lowest BCUT2D eigenvalue weighted by molar-refractivity contribution is -0.136. The van der Waals surface area contributed by atoms with Crippen molar-refractivity contribution in [1.29, 1.82) is 0 Å². The van der Waals surface area contributed by atoms with E-state index in [9.17, 15) is 9.59 Å². The molecule has 1 aromatic carbocycles. The van der Waals surface area contributed by atoms with Crippen molar-refractivity contribution in [3.63, 3.8) is 0 Å². The molecule has 1 aromatic heterocycles. The maximum Gasteiger partial charge on any atom is 0.308 e. The number of carboxylic acids is 1. The number of fused-ring (bicyclic) bond motifs is 1. The molecule has 2 aromatic rings. The second-order valence-corrected chi connectivity index (χ2v) is 4.31. The molecule has 0 saturated heterocycles. The zero-order chi connectivity index (χ0) is 14.2. The number of carbonyl (C=O) groups is 1. The molecule has 0 aliphatic rings. The monoisotopic (exact) mass is 262 g/mol. The summed E-state index contributed by atoms with van der Waals surface area (Å²) in [5.41, 5.74) is 1.05. The summed E-state index contributed by atoms with van der Waals surface area (Å²) in [5, 5.41) is 9.34. The summed E-state index contributed by atoms with van der Waals surface area (Å²) in [6.45, 7) is 3.36. The predicted octanol–water partition coefficient (Wildman–Crippen LogP) is 2.05. The highest BCUT2D eigenvalue weighted by atomic mass is 16.5. The van der Waals surface area contributed by atoms with Crippen LogP contribution in [0.15, 0.2) is 21.3 Å². The van der Waals surface area contributed by atoms with Gasteiger partial charge in [0.05, 0.1) is 18.9 Å². The van der Waals surface area contributed by atoms with Crippen molar-refractivity contribution >= 4 is 16.9 Å². The van der Waals surface area contributed by atoms with Crippen molar-refractivity contribution < 1.29 is 19.1 Å². The average molecular weight is 262 g/mol. The van der Waals surface area contributed by atoms with Crippen molar-refractivity contribution in [2.24, 2.45) is 0 Å². The molecule has 0 fully saturated rings. The molecule has 0 unspecified atom stereocenters. The third-order valence-electron chi connectivity index (χ3n) is 3.13. The van der Waals surface area contributed by atoms with Crippen molar-refractivity contribution in [3.05, 3.63) is 39.2 Å². The molecule has 0 aliphatic carbocycles. The topological polar surface area (TPSA) is 76.7 Å². The van der Waals surface area contributed by atoms with E-state index in [4.69, 9.17) is 14.3 Å². The van der Waals surface area contributed by atoms with E-state index in [0.717, 1.165) is 0 Å². The van der Waals surface area contributed by atoms with Gasteiger partial charge in [-0.15, -0.1) is 0 Å². The van der Waals surface area contributed by atoms with Crippen LogP contribution in [0.2, 0.25) is 0 Å². The van der Waals surface area contributed by atoms with Crippen LogP contribution in [0.25, 0.3) is 11.0 Å². The fourth-order valence-corrected chi connectivity index (χ4v) is 2.01. The molecule has 0 radical (unpaired) electrons. The molecular formula is C14H14O5. The number of carboxylic acid groups (broad SMARTS) is 1. The zero-order valence-electron chi connectivity index (χ0n) is 10.9. The van der Waals surface area contributed by atoms with Gasteiger partial charge in [-0.05, 0) is 26.0 Å². The van der Waals surface area contributed by atoms with Crippen LogP contribution in [-0.2, 0) is 11.2 Å². The van der Waals surface area contributed by atoms with Gasteiger partial charge in [0.25, 0.3) is 0 Å². The Bertz CT molecular complexity index is 712. The van der Waals surface area contributed by atoms with E-state index in [0.29, 0.717) is 28.0 Å². The first kappa shape index (κ1) is 13.1. The average Bonchev–Trinajstić information content (AvgIpc) is 2.36. The molecular weight excluding hydrogens is 248 g/mol. The minimum absolute atomic E-state index is 0.145. The van der Waals surface area contributed by atoms with E-state index in [1.54, 1.807) is 26.0 Å². The Kier molecular flexibility index (Phi) is 3.29. The minimum atomic E-state index is -1.01. The van der Waals surface area contributed by atoms with E-state index >= 15 is 0 Å². The molecule has 5 heteroatoms. The summed E-state index contributed by atoms with van der Waals surface area (Å²) in [7, 11) is 1.45. The van der Waals surface area contributed by atoms with Gasteiger partial charge in [0.15, 0.2) is 5.43 Å². The fraction of sp³-hybridized carbons (Fsp3) is 0.286. The van der Waals surface area contributed by atoms with E-state index in [-0.39, 0.29) is 17.4 Å². The van der Waals surface area contributed by atoms with Gasteiger partial charge in [0.2, 0.25) is 0 Å². The number of hydrogen-bond donors (Lipinski definition) is 1. The van der Waals surface area contributed by atoms with Crippen molar-refractivity contribution in [2.45, 2.75) is 20.3 Å². The first-order valence-electron chi connectivity index (χ1n) is 5.77. The number of hydrogen-bond acceptors (Lipinski definition) is 4. The van der Waals surface area contributed by atoms with Gasteiger partial charge in [-0.25, -0.2) is 0 Å². The summed E-state index contributed by atoms with van der Waals surface area (Å²) in [5.74, 6) is -0.120. The van der Waals surface area contributed by atoms with Crippen molar-refractivity contribution in [1.82, 2.24) is 0 Å². The van der Waals surface area contributed by atoms with Gasteiger partial charge in [0.1, 0.15) is 17.1 Å². The smallest absolute Gasteiger partial charge is 0.308 e. The number of rotatable bonds is 3. The second kappa shape index (κ2) is 4.76. The van der Waals surface area contributed by atoms with Gasteiger partial charge in [-0.1, -0.05) is 0 Å². The molecule has 19 heavy (non-hydrogen) atoms. The number of aliphatic carboxylic acids is 1. The van der Waals surface area contributed by atoms with Crippen molar-refractivity contribution in [2.75, 3.05) is 7.11 Å². The van der Waals surface area contributed by atoms with Crippen LogP contribution >= 0.6 is 0 Å².